The number of hydrogen-bond donors (Lipinski definition) is 2. The van der Waals surface area contributed by atoms with Gasteiger partial charge in [0.05, 0.1) is 18.3 Å². The van der Waals surface area contributed by atoms with E-state index < -0.39 is 0 Å². The summed E-state index contributed by atoms with van der Waals surface area (Å²) < 4.78 is 1.83. The monoisotopic (exact) mass is 239 g/mol. The van der Waals surface area contributed by atoms with Gasteiger partial charge in [0, 0.05) is 18.7 Å². The van der Waals surface area contributed by atoms with Crippen LogP contribution in [0.4, 0.5) is 0 Å². The molecule has 0 aliphatic rings. The third kappa shape index (κ3) is 4.19. The Labute approximate surface area is 102 Å². The average Bonchev–Trinajstić information content (AvgIpc) is 2.62. The third-order valence-corrected chi connectivity index (χ3v) is 2.73. The molecule has 96 valence electrons. The highest BCUT2D eigenvalue weighted by Crippen LogP contribution is 2.02. The zero-order valence-electron chi connectivity index (χ0n) is 10.7. The number of carbonyl (C=O) groups excluding carboxylic acids is 1. The predicted molar refractivity (Wildman–Crippen MR) is 65.6 cm³/mol. The molecule has 5 heteroatoms. The number of rotatable bonds is 6. The van der Waals surface area contributed by atoms with Crippen LogP contribution in [0.1, 0.15) is 31.2 Å². The van der Waals surface area contributed by atoms with Crippen molar-refractivity contribution < 1.29 is 9.90 Å². The lowest BCUT2D eigenvalue weighted by molar-refractivity contribution is -0.122. The van der Waals surface area contributed by atoms with Gasteiger partial charge in [-0.25, -0.2) is 0 Å². The molecule has 0 aliphatic heterocycles. The lowest BCUT2D eigenvalue weighted by atomic mass is 10.2. The summed E-state index contributed by atoms with van der Waals surface area (Å²) in [6, 6.07) is 1.85. The molecule has 0 radical (unpaired) electrons. The predicted octanol–water partition coefficient (Wildman–Crippen LogP) is 0.777. The molecule has 0 unspecified atom stereocenters. The highest BCUT2D eigenvalue weighted by atomic mass is 16.3. The second-order valence-electron chi connectivity index (χ2n) is 4.26. The van der Waals surface area contributed by atoms with Crippen LogP contribution in [0.25, 0.3) is 0 Å². The molecule has 1 rings (SSSR count). The normalized spacial score (nSPS) is 12.5. The maximum atomic E-state index is 11.6. The van der Waals surface area contributed by atoms with E-state index in [1.807, 2.05) is 31.5 Å². The standard InChI is InChI=1S/C12H21N3O2/c1-4-11(8-16)13-12(17)5-6-15-10(3)7-9(2)14-15/h7,11,16H,4-6,8H2,1-3H3,(H,13,17)/t11-/m0/s1. The molecular formula is C12H21N3O2. The van der Waals surface area contributed by atoms with E-state index in [4.69, 9.17) is 5.11 Å². The number of nitrogens with one attached hydrogen (secondary N) is 1. The number of aliphatic hydroxyl groups is 1. The Morgan fingerprint density at radius 2 is 2.29 bits per heavy atom. The van der Waals surface area contributed by atoms with E-state index in [1.54, 1.807) is 0 Å². The van der Waals surface area contributed by atoms with E-state index in [1.165, 1.54) is 0 Å². The fourth-order valence-electron chi connectivity index (χ4n) is 1.69. The summed E-state index contributed by atoms with van der Waals surface area (Å²) in [5.74, 6) is -0.0431. The van der Waals surface area contributed by atoms with Gasteiger partial charge in [-0.3, -0.25) is 9.48 Å². The average molecular weight is 239 g/mol. The van der Waals surface area contributed by atoms with Crippen molar-refractivity contribution in [2.45, 2.75) is 46.2 Å². The molecule has 1 aromatic rings. The van der Waals surface area contributed by atoms with Gasteiger partial charge in [0.15, 0.2) is 0 Å². The number of amides is 1. The van der Waals surface area contributed by atoms with Gasteiger partial charge in [-0.15, -0.1) is 0 Å². The topological polar surface area (TPSA) is 67.2 Å². The minimum Gasteiger partial charge on any atom is -0.394 e. The molecule has 1 atom stereocenters. The van der Waals surface area contributed by atoms with Crippen molar-refractivity contribution in [2.75, 3.05) is 6.61 Å². The number of aliphatic hydroxyl groups excluding tert-OH is 1. The fraction of sp³-hybridized carbons (Fsp3) is 0.667. The van der Waals surface area contributed by atoms with Crippen molar-refractivity contribution in [3.63, 3.8) is 0 Å². The summed E-state index contributed by atoms with van der Waals surface area (Å²) in [7, 11) is 0. The van der Waals surface area contributed by atoms with Crippen LogP contribution >= 0.6 is 0 Å². The number of aromatic nitrogens is 2. The molecule has 0 aliphatic carbocycles. The first-order valence-corrected chi connectivity index (χ1v) is 5.98. The van der Waals surface area contributed by atoms with E-state index >= 15 is 0 Å². The summed E-state index contributed by atoms with van der Waals surface area (Å²) in [5.41, 5.74) is 2.02. The quantitative estimate of drug-likeness (QED) is 0.770. The number of hydrogen-bond acceptors (Lipinski definition) is 3. The van der Waals surface area contributed by atoms with Crippen LogP contribution in [0, 0.1) is 13.8 Å². The van der Waals surface area contributed by atoms with Crippen molar-refractivity contribution in [3.8, 4) is 0 Å². The number of aryl methyl sites for hydroxylation is 3. The Balaban J connectivity index is 2.40. The maximum Gasteiger partial charge on any atom is 0.222 e. The first-order chi connectivity index (χ1) is 8.06. The van der Waals surface area contributed by atoms with Crippen molar-refractivity contribution >= 4 is 5.91 Å². The van der Waals surface area contributed by atoms with Crippen LogP contribution in [0.15, 0.2) is 6.07 Å². The van der Waals surface area contributed by atoms with E-state index in [0.29, 0.717) is 13.0 Å². The van der Waals surface area contributed by atoms with Crippen molar-refractivity contribution in [1.29, 1.82) is 0 Å². The van der Waals surface area contributed by atoms with Crippen LogP contribution in [0.3, 0.4) is 0 Å². The van der Waals surface area contributed by atoms with Gasteiger partial charge in [0.25, 0.3) is 0 Å². The van der Waals surface area contributed by atoms with Gasteiger partial charge < -0.3 is 10.4 Å². The Bertz CT molecular complexity index is 370. The summed E-state index contributed by atoms with van der Waals surface area (Å²) in [6.07, 6.45) is 1.13. The largest absolute Gasteiger partial charge is 0.394 e. The molecule has 0 aromatic carbocycles. The van der Waals surface area contributed by atoms with Gasteiger partial charge in [-0.1, -0.05) is 6.92 Å². The van der Waals surface area contributed by atoms with Crippen molar-refractivity contribution in [3.05, 3.63) is 17.5 Å². The van der Waals surface area contributed by atoms with Gasteiger partial charge in [0.1, 0.15) is 0 Å². The van der Waals surface area contributed by atoms with Crippen LogP contribution in [-0.2, 0) is 11.3 Å². The molecule has 1 heterocycles. The zero-order chi connectivity index (χ0) is 12.8. The summed E-state index contributed by atoms with van der Waals surface area (Å²) in [4.78, 5) is 11.6. The van der Waals surface area contributed by atoms with Crippen LogP contribution in [-0.4, -0.2) is 33.4 Å². The van der Waals surface area contributed by atoms with Crippen LogP contribution in [0.5, 0.6) is 0 Å². The molecule has 0 bridgehead atoms. The Morgan fingerprint density at radius 1 is 1.59 bits per heavy atom. The third-order valence-electron chi connectivity index (χ3n) is 2.73. The molecule has 17 heavy (non-hydrogen) atoms. The molecule has 2 N–H and O–H groups in total. The van der Waals surface area contributed by atoms with Gasteiger partial charge >= 0.3 is 0 Å². The summed E-state index contributed by atoms with van der Waals surface area (Å²) in [6.45, 7) is 6.40. The summed E-state index contributed by atoms with van der Waals surface area (Å²) in [5, 5.41) is 16.0. The second-order valence-corrected chi connectivity index (χ2v) is 4.26. The van der Waals surface area contributed by atoms with Gasteiger partial charge in [-0.2, -0.15) is 5.10 Å². The molecule has 0 fully saturated rings. The van der Waals surface area contributed by atoms with Crippen molar-refractivity contribution in [2.24, 2.45) is 0 Å². The van der Waals surface area contributed by atoms with Gasteiger partial charge in [0.2, 0.25) is 5.91 Å². The lowest BCUT2D eigenvalue weighted by Crippen LogP contribution is -2.37. The molecule has 0 spiro atoms. The minimum atomic E-state index is -0.136. The first-order valence-electron chi connectivity index (χ1n) is 5.98. The molecule has 5 nitrogen and oxygen atoms in total. The Hall–Kier alpha value is -1.36. The SMILES string of the molecule is CC[C@@H](CO)NC(=O)CCn1nc(C)cc1C. The van der Waals surface area contributed by atoms with Crippen LogP contribution in [0.2, 0.25) is 0 Å². The number of carbonyl (C=O) groups is 1. The fourth-order valence-corrected chi connectivity index (χ4v) is 1.69. The number of nitrogens with zero attached hydrogens (tertiary/aromatic N) is 2. The Morgan fingerprint density at radius 3 is 2.76 bits per heavy atom. The highest BCUT2D eigenvalue weighted by Gasteiger charge is 2.09. The highest BCUT2D eigenvalue weighted by molar-refractivity contribution is 5.76. The van der Waals surface area contributed by atoms with Crippen LogP contribution < -0.4 is 5.32 Å². The maximum absolute atomic E-state index is 11.6. The molecule has 1 aromatic heterocycles. The lowest BCUT2D eigenvalue weighted by Gasteiger charge is -2.14. The Kier molecular flexibility index (Phi) is 5.15. The summed E-state index contributed by atoms with van der Waals surface area (Å²) >= 11 is 0. The van der Waals surface area contributed by atoms with Gasteiger partial charge in [-0.05, 0) is 26.3 Å². The molecule has 1 amide bonds. The molecule has 0 saturated carbocycles. The second kappa shape index (κ2) is 6.39. The van der Waals surface area contributed by atoms with E-state index in [2.05, 4.69) is 10.4 Å². The molecular weight excluding hydrogens is 218 g/mol. The molecule has 0 saturated heterocycles. The van der Waals surface area contributed by atoms with Crippen molar-refractivity contribution in [1.82, 2.24) is 15.1 Å². The smallest absolute Gasteiger partial charge is 0.222 e. The van der Waals surface area contributed by atoms with E-state index in [0.717, 1.165) is 17.8 Å². The van der Waals surface area contributed by atoms with E-state index in [-0.39, 0.29) is 18.6 Å². The van der Waals surface area contributed by atoms with E-state index in [9.17, 15) is 4.79 Å². The first kappa shape index (κ1) is 13.7. The zero-order valence-corrected chi connectivity index (χ0v) is 10.7. The minimum absolute atomic E-state index is 0.0118.